The lowest BCUT2D eigenvalue weighted by molar-refractivity contribution is 0.174. The van der Waals surface area contributed by atoms with Crippen LogP contribution in [0.2, 0.25) is 0 Å². The maximum atomic E-state index is 5.50. The lowest BCUT2D eigenvalue weighted by Gasteiger charge is -2.08. The largest absolute Gasteiger partial charge is 0.454 e. The lowest BCUT2D eigenvalue weighted by Crippen LogP contribution is -2.14. The molecule has 144 valence electrons. The summed E-state index contributed by atoms with van der Waals surface area (Å²) in [7, 11) is 0. The molecule has 0 unspecified atom stereocenters. The highest BCUT2D eigenvalue weighted by Crippen LogP contribution is 2.32. The predicted molar refractivity (Wildman–Crippen MR) is 113 cm³/mol. The van der Waals surface area contributed by atoms with Crippen molar-refractivity contribution in [2.75, 3.05) is 13.3 Å². The zero-order valence-corrected chi connectivity index (χ0v) is 17.3. The Labute approximate surface area is 168 Å². The van der Waals surface area contributed by atoms with Gasteiger partial charge in [-0.25, -0.2) is 4.68 Å². The van der Waals surface area contributed by atoms with E-state index in [2.05, 4.69) is 42.4 Å². The minimum absolute atomic E-state index is 0.269. The van der Waals surface area contributed by atoms with Crippen molar-refractivity contribution in [1.29, 1.82) is 0 Å². The SMILES string of the molecule is CCN=c1scc(-c2ccc(C)c(C)c2)n1N=C(C)c1ccc2c(c1)OCO2. The Morgan fingerprint density at radius 3 is 2.68 bits per heavy atom. The van der Waals surface area contributed by atoms with Crippen LogP contribution in [0.5, 0.6) is 11.5 Å². The maximum Gasteiger partial charge on any atom is 0.231 e. The van der Waals surface area contributed by atoms with Crippen LogP contribution in [-0.4, -0.2) is 23.7 Å². The van der Waals surface area contributed by atoms with Gasteiger partial charge in [0, 0.05) is 23.1 Å². The van der Waals surface area contributed by atoms with E-state index in [1.165, 1.54) is 11.1 Å². The number of nitrogens with zero attached hydrogens (tertiary/aromatic N) is 3. The molecule has 5 nitrogen and oxygen atoms in total. The molecule has 0 fully saturated rings. The third-order valence-corrected chi connectivity index (χ3v) is 5.68. The Morgan fingerprint density at radius 2 is 1.89 bits per heavy atom. The first-order valence-electron chi connectivity index (χ1n) is 9.31. The van der Waals surface area contributed by atoms with Crippen LogP contribution in [-0.2, 0) is 0 Å². The highest BCUT2D eigenvalue weighted by atomic mass is 32.1. The number of aryl methyl sites for hydroxylation is 2. The van der Waals surface area contributed by atoms with Gasteiger partial charge in [-0.15, -0.1) is 11.3 Å². The summed E-state index contributed by atoms with van der Waals surface area (Å²) in [6.45, 7) is 9.28. The summed E-state index contributed by atoms with van der Waals surface area (Å²) in [5.41, 5.74) is 6.61. The highest BCUT2D eigenvalue weighted by molar-refractivity contribution is 7.07. The van der Waals surface area contributed by atoms with Crippen molar-refractivity contribution in [2.45, 2.75) is 27.7 Å². The average molecular weight is 394 g/mol. The van der Waals surface area contributed by atoms with Gasteiger partial charge in [-0.05, 0) is 63.1 Å². The normalized spacial score (nSPS) is 14.0. The zero-order chi connectivity index (χ0) is 19.7. The Kier molecular flexibility index (Phi) is 5.05. The third kappa shape index (κ3) is 3.47. The van der Waals surface area contributed by atoms with Crippen LogP contribution in [0.25, 0.3) is 11.3 Å². The molecule has 0 saturated carbocycles. The molecule has 2 aromatic carbocycles. The van der Waals surface area contributed by atoms with E-state index in [4.69, 9.17) is 14.6 Å². The van der Waals surface area contributed by atoms with Crippen LogP contribution in [0.1, 0.15) is 30.5 Å². The zero-order valence-electron chi connectivity index (χ0n) is 16.5. The monoisotopic (exact) mass is 393 g/mol. The van der Waals surface area contributed by atoms with Gasteiger partial charge in [-0.2, -0.15) is 5.10 Å². The fraction of sp³-hybridized carbons (Fsp3) is 0.273. The second kappa shape index (κ2) is 7.64. The van der Waals surface area contributed by atoms with E-state index in [-0.39, 0.29) is 6.79 Å². The Hall–Kier alpha value is -2.86. The summed E-state index contributed by atoms with van der Waals surface area (Å²) < 4.78 is 12.9. The van der Waals surface area contributed by atoms with Crippen molar-refractivity contribution in [1.82, 2.24) is 4.68 Å². The van der Waals surface area contributed by atoms with Crippen LogP contribution in [0.3, 0.4) is 0 Å². The molecule has 0 spiro atoms. The molecule has 1 aromatic heterocycles. The first-order chi connectivity index (χ1) is 13.6. The highest BCUT2D eigenvalue weighted by Gasteiger charge is 2.15. The molecule has 0 aliphatic carbocycles. The number of hydrogen-bond acceptors (Lipinski definition) is 5. The van der Waals surface area contributed by atoms with Gasteiger partial charge in [0.1, 0.15) is 0 Å². The number of thiazole rings is 1. The summed E-state index contributed by atoms with van der Waals surface area (Å²) in [5.74, 6) is 1.53. The van der Waals surface area contributed by atoms with E-state index < -0.39 is 0 Å². The van der Waals surface area contributed by atoms with Gasteiger partial charge in [0.05, 0.1) is 11.4 Å². The molecule has 4 rings (SSSR count). The second-order valence-electron chi connectivity index (χ2n) is 6.74. The molecule has 0 radical (unpaired) electrons. The number of ether oxygens (including phenoxy) is 2. The Balaban J connectivity index is 1.81. The van der Waals surface area contributed by atoms with Crippen molar-refractivity contribution in [3.63, 3.8) is 0 Å². The topological polar surface area (TPSA) is 48.1 Å². The van der Waals surface area contributed by atoms with Crippen molar-refractivity contribution in [2.24, 2.45) is 10.1 Å². The molecular weight excluding hydrogens is 370 g/mol. The van der Waals surface area contributed by atoms with Gasteiger partial charge in [0.25, 0.3) is 0 Å². The van der Waals surface area contributed by atoms with Gasteiger partial charge < -0.3 is 9.47 Å². The molecule has 0 amide bonds. The Bertz CT molecular complexity index is 1130. The van der Waals surface area contributed by atoms with Crippen molar-refractivity contribution in [3.8, 4) is 22.8 Å². The molecule has 1 aliphatic rings. The van der Waals surface area contributed by atoms with Crippen molar-refractivity contribution in [3.05, 3.63) is 63.3 Å². The minimum Gasteiger partial charge on any atom is -0.454 e. The number of rotatable bonds is 4. The van der Waals surface area contributed by atoms with Gasteiger partial charge in [0.2, 0.25) is 11.6 Å². The van der Waals surface area contributed by atoms with Gasteiger partial charge in [-0.3, -0.25) is 4.99 Å². The fourth-order valence-corrected chi connectivity index (χ4v) is 3.96. The van der Waals surface area contributed by atoms with E-state index in [9.17, 15) is 0 Å². The van der Waals surface area contributed by atoms with Crippen LogP contribution in [0.15, 0.2) is 51.9 Å². The van der Waals surface area contributed by atoms with Crippen molar-refractivity contribution < 1.29 is 9.47 Å². The van der Waals surface area contributed by atoms with Gasteiger partial charge in [0.15, 0.2) is 11.5 Å². The summed E-state index contributed by atoms with van der Waals surface area (Å²) in [6.07, 6.45) is 0. The first kappa shape index (κ1) is 18.5. The third-order valence-electron chi connectivity index (χ3n) is 4.82. The number of benzene rings is 2. The van der Waals surface area contributed by atoms with Crippen LogP contribution in [0, 0.1) is 13.8 Å². The number of fused-ring (bicyclic) bond motifs is 1. The molecule has 0 N–H and O–H groups in total. The summed E-state index contributed by atoms with van der Waals surface area (Å²) >= 11 is 1.61. The van der Waals surface area contributed by atoms with Gasteiger partial charge in [-0.1, -0.05) is 12.1 Å². The molecule has 3 aromatic rings. The summed E-state index contributed by atoms with van der Waals surface area (Å²) in [5, 5.41) is 7.04. The molecule has 0 atom stereocenters. The molecule has 1 aliphatic heterocycles. The molecule has 6 heteroatoms. The summed E-state index contributed by atoms with van der Waals surface area (Å²) in [4.78, 5) is 5.51. The number of hydrogen-bond donors (Lipinski definition) is 0. The summed E-state index contributed by atoms with van der Waals surface area (Å²) in [6, 6.07) is 12.4. The van der Waals surface area contributed by atoms with E-state index >= 15 is 0 Å². The standard InChI is InChI=1S/C22H23N3O2S/c1-5-23-22-25(19(12-28-22)18-7-6-14(2)15(3)10-18)24-16(4)17-8-9-20-21(11-17)27-13-26-20/h6-12H,5,13H2,1-4H3. The van der Waals surface area contributed by atoms with Crippen LogP contribution in [0.4, 0.5) is 0 Å². The van der Waals surface area contributed by atoms with E-state index in [1.807, 2.05) is 36.7 Å². The maximum absolute atomic E-state index is 5.50. The fourth-order valence-electron chi connectivity index (χ4n) is 3.07. The van der Waals surface area contributed by atoms with E-state index in [0.717, 1.165) is 38.8 Å². The molecule has 0 saturated heterocycles. The molecular formula is C22H23N3O2S. The van der Waals surface area contributed by atoms with Crippen LogP contribution >= 0.6 is 11.3 Å². The van der Waals surface area contributed by atoms with E-state index in [0.29, 0.717) is 6.54 Å². The molecule has 0 bridgehead atoms. The second-order valence-corrected chi connectivity index (χ2v) is 7.58. The minimum atomic E-state index is 0.269. The van der Waals surface area contributed by atoms with E-state index in [1.54, 1.807) is 11.3 Å². The average Bonchev–Trinajstić information content (AvgIpc) is 3.31. The van der Waals surface area contributed by atoms with Crippen LogP contribution < -0.4 is 14.3 Å². The molecule has 2 heterocycles. The lowest BCUT2D eigenvalue weighted by atomic mass is 10.1. The quantitative estimate of drug-likeness (QED) is 0.600. The predicted octanol–water partition coefficient (Wildman–Crippen LogP) is 4.76. The number of aromatic nitrogens is 1. The van der Waals surface area contributed by atoms with Crippen molar-refractivity contribution >= 4 is 17.0 Å². The molecule has 28 heavy (non-hydrogen) atoms. The van der Waals surface area contributed by atoms with Gasteiger partial charge >= 0.3 is 0 Å². The first-order valence-corrected chi connectivity index (χ1v) is 10.2. The Morgan fingerprint density at radius 1 is 1.07 bits per heavy atom. The smallest absolute Gasteiger partial charge is 0.231 e.